The van der Waals surface area contributed by atoms with Gasteiger partial charge in [-0.05, 0) is 79.2 Å². The predicted molar refractivity (Wildman–Crippen MR) is 207 cm³/mol. The minimum absolute atomic E-state index is 1.07. The molecule has 0 aliphatic rings. The fourth-order valence-electron chi connectivity index (χ4n) is 7.10. The SMILES string of the molecule is c1ccc(-c2cncc(-c3ccc4c(-c5cncc(-c6ccccc6)c5)c5ccccc5c(-c5cncc(-c6ccccc6)c5)c4c3)c2)cc1. The Labute approximate surface area is 291 Å². The molecule has 3 aromatic heterocycles. The Balaban J connectivity index is 1.33. The minimum Gasteiger partial charge on any atom is -0.263 e. The van der Waals surface area contributed by atoms with Crippen molar-refractivity contribution in [3.63, 3.8) is 0 Å². The van der Waals surface area contributed by atoms with Crippen LogP contribution in [0.1, 0.15) is 0 Å². The van der Waals surface area contributed by atoms with Crippen molar-refractivity contribution in [1.82, 2.24) is 15.0 Å². The Morgan fingerprint density at radius 1 is 0.220 bits per heavy atom. The molecular formula is C47H31N3. The molecule has 0 bridgehead atoms. The first kappa shape index (κ1) is 29.4. The maximum Gasteiger partial charge on any atom is 0.0347 e. The van der Waals surface area contributed by atoms with Crippen molar-refractivity contribution in [3.8, 4) is 66.8 Å². The second-order valence-electron chi connectivity index (χ2n) is 12.5. The standard InChI is InChI=1S/C47H31N3/c1-4-12-32(13-5-1)36-22-39(29-48-26-36)35-20-21-44-45(25-35)47(41-24-38(28-50-31-41)34-16-8-3-9-17-34)43-19-11-10-18-42(43)46(44)40-23-37(27-49-30-40)33-14-6-2-7-15-33/h1-31H. The van der Waals surface area contributed by atoms with E-state index in [0.29, 0.717) is 0 Å². The normalized spacial score (nSPS) is 11.2. The maximum absolute atomic E-state index is 4.78. The van der Waals surface area contributed by atoms with Crippen LogP contribution in [0.2, 0.25) is 0 Å². The van der Waals surface area contributed by atoms with Gasteiger partial charge in [0.2, 0.25) is 0 Å². The molecule has 9 rings (SSSR count). The summed E-state index contributed by atoms with van der Waals surface area (Å²) < 4.78 is 0. The van der Waals surface area contributed by atoms with E-state index in [1.54, 1.807) is 0 Å². The van der Waals surface area contributed by atoms with Crippen molar-refractivity contribution in [2.45, 2.75) is 0 Å². The highest BCUT2D eigenvalue weighted by Crippen LogP contribution is 2.45. The number of hydrogen-bond acceptors (Lipinski definition) is 3. The zero-order valence-electron chi connectivity index (χ0n) is 27.2. The molecule has 0 spiro atoms. The molecule has 234 valence electrons. The van der Waals surface area contributed by atoms with E-state index in [1.165, 1.54) is 16.3 Å². The molecule has 0 amide bonds. The number of pyridine rings is 3. The summed E-state index contributed by atoms with van der Waals surface area (Å²) in [6.07, 6.45) is 11.8. The molecule has 0 saturated heterocycles. The van der Waals surface area contributed by atoms with E-state index >= 15 is 0 Å². The van der Waals surface area contributed by atoms with Gasteiger partial charge in [0.15, 0.2) is 0 Å². The van der Waals surface area contributed by atoms with Crippen molar-refractivity contribution >= 4 is 21.5 Å². The monoisotopic (exact) mass is 637 g/mol. The fraction of sp³-hybridized carbons (Fsp3) is 0. The lowest BCUT2D eigenvalue weighted by atomic mass is 9.85. The summed E-state index contributed by atoms with van der Waals surface area (Å²) in [5.41, 5.74) is 13.3. The molecule has 6 aromatic carbocycles. The molecule has 0 fully saturated rings. The van der Waals surface area contributed by atoms with Gasteiger partial charge in [0.05, 0.1) is 0 Å². The van der Waals surface area contributed by atoms with E-state index in [1.807, 2.05) is 55.4 Å². The second-order valence-corrected chi connectivity index (χ2v) is 12.5. The molecule has 3 nitrogen and oxygen atoms in total. The molecule has 0 radical (unpaired) electrons. The molecule has 0 aliphatic carbocycles. The van der Waals surface area contributed by atoms with Crippen molar-refractivity contribution in [1.29, 1.82) is 0 Å². The molecule has 3 heteroatoms. The van der Waals surface area contributed by atoms with Gasteiger partial charge in [-0.3, -0.25) is 15.0 Å². The smallest absolute Gasteiger partial charge is 0.0347 e. The van der Waals surface area contributed by atoms with Crippen LogP contribution in [-0.2, 0) is 0 Å². The van der Waals surface area contributed by atoms with Crippen LogP contribution in [0.4, 0.5) is 0 Å². The summed E-state index contributed by atoms with van der Waals surface area (Å²) in [6.45, 7) is 0. The molecule has 0 aliphatic heterocycles. The lowest BCUT2D eigenvalue weighted by Crippen LogP contribution is -1.94. The Morgan fingerprint density at radius 3 is 1.02 bits per heavy atom. The highest BCUT2D eigenvalue weighted by atomic mass is 14.6. The summed E-state index contributed by atoms with van der Waals surface area (Å²) in [6, 6.07) is 53.7. The van der Waals surface area contributed by atoms with Crippen LogP contribution in [0.3, 0.4) is 0 Å². The molecule has 50 heavy (non-hydrogen) atoms. The zero-order valence-corrected chi connectivity index (χ0v) is 27.2. The summed E-state index contributed by atoms with van der Waals surface area (Å²) in [7, 11) is 0. The van der Waals surface area contributed by atoms with E-state index in [4.69, 9.17) is 9.97 Å². The topological polar surface area (TPSA) is 38.7 Å². The Kier molecular flexibility index (Phi) is 7.49. The number of aromatic nitrogens is 3. The molecule has 0 saturated carbocycles. The van der Waals surface area contributed by atoms with Crippen LogP contribution in [0, 0.1) is 0 Å². The first-order chi connectivity index (χ1) is 24.8. The Morgan fingerprint density at radius 2 is 0.560 bits per heavy atom. The molecule has 0 unspecified atom stereocenters. The van der Waals surface area contributed by atoms with Crippen LogP contribution >= 0.6 is 0 Å². The van der Waals surface area contributed by atoms with Gasteiger partial charge < -0.3 is 0 Å². The quantitative estimate of drug-likeness (QED) is 0.170. The van der Waals surface area contributed by atoms with E-state index < -0.39 is 0 Å². The van der Waals surface area contributed by atoms with Crippen molar-refractivity contribution in [3.05, 3.63) is 189 Å². The first-order valence-electron chi connectivity index (χ1n) is 16.8. The fourth-order valence-corrected chi connectivity index (χ4v) is 7.10. The number of benzene rings is 6. The average Bonchev–Trinajstić information content (AvgIpc) is 3.21. The largest absolute Gasteiger partial charge is 0.263 e. The number of fused-ring (bicyclic) bond motifs is 2. The molecule has 0 N–H and O–H groups in total. The predicted octanol–water partition coefficient (Wildman–Crippen LogP) is 12.2. The third-order valence-corrected chi connectivity index (χ3v) is 9.47. The first-order valence-corrected chi connectivity index (χ1v) is 16.8. The van der Waals surface area contributed by atoms with Gasteiger partial charge in [-0.25, -0.2) is 0 Å². The Bertz CT molecular complexity index is 2630. The van der Waals surface area contributed by atoms with Gasteiger partial charge in [0.1, 0.15) is 0 Å². The Hall–Kier alpha value is -6.71. The van der Waals surface area contributed by atoms with Gasteiger partial charge in [-0.2, -0.15) is 0 Å². The van der Waals surface area contributed by atoms with Crippen LogP contribution in [0.5, 0.6) is 0 Å². The van der Waals surface area contributed by atoms with Crippen LogP contribution < -0.4 is 0 Å². The van der Waals surface area contributed by atoms with Crippen molar-refractivity contribution in [2.24, 2.45) is 0 Å². The van der Waals surface area contributed by atoms with Gasteiger partial charge in [0, 0.05) is 70.6 Å². The summed E-state index contributed by atoms with van der Waals surface area (Å²) in [5, 5.41) is 4.65. The second kappa shape index (κ2) is 12.7. The maximum atomic E-state index is 4.78. The van der Waals surface area contributed by atoms with Gasteiger partial charge in [-0.15, -0.1) is 0 Å². The average molecular weight is 638 g/mol. The van der Waals surface area contributed by atoms with Crippen molar-refractivity contribution in [2.75, 3.05) is 0 Å². The number of hydrogen-bond donors (Lipinski definition) is 0. The third-order valence-electron chi connectivity index (χ3n) is 9.47. The van der Waals surface area contributed by atoms with Gasteiger partial charge >= 0.3 is 0 Å². The third kappa shape index (κ3) is 5.41. The summed E-state index contributed by atoms with van der Waals surface area (Å²) in [4.78, 5) is 14.2. The summed E-state index contributed by atoms with van der Waals surface area (Å²) >= 11 is 0. The van der Waals surface area contributed by atoms with E-state index in [2.05, 4.69) is 138 Å². The number of nitrogens with zero attached hydrogens (tertiary/aromatic N) is 3. The molecule has 9 aromatic rings. The van der Waals surface area contributed by atoms with E-state index in [-0.39, 0.29) is 0 Å². The number of rotatable bonds is 6. The van der Waals surface area contributed by atoms with Gasteiger partial charge in [0.25, 0.3) is 0 Å². The van der Waals surface area contributed by atoms with E-state index in [9.17, 15) is 0 Å². The highest BCUT2D eigenvalue weighted by molar-refractivity contribution is 6.22. The van der Waals surface area contributed by atoms with E-state index in [0.717, 1.165) is 72.0 Å². The van der Waals surface area contributed by atoms with Gasteiger partial charge in [-0.1, -0.05) is 127 Å². The lowest BCUT2D eigenvalue weighted by molar-refractivity contribution is 1.33. The van der Waals surface area contributed by atoms with Crippen LogP contribution in [0.25, 0.3) is 88.3 Å². The van der Waals surface area contributed by atoms with Crippen LogP contribution in [0.15, 0.2) is 189 Å². The molecule has 3 heterocycles. The van der Waals surface area contributed by atoms with Crippen LogP contribution in [-0.4, -0.2) is 15.0 Å². The highest BCUT2D eigenvalue weighted by Gasteiger charge is 2.19. The molecule has 0 atom stereocenters. The summed E-state index contributed by atoms with van der Waals surface area (Å²) in [5.74, 6) is 0. The minimum atomic E-state index is 1.07. The zero-order chi connectivity index (χ0) is 33.3. The lowest BCUT2D eigenvalue weighted by Gasteiger charge is -2.19. The molecular weight excluding hydrogens is 607 g/mol. The van der Waals surface area contributed by atoms with Crippen molar-refractivity contribution < 1.29 is 0 Å².